The first-order valence-electron chi connectivity index (χ1n) is 6.72. The largest absolute Gasteiger partial charge is 0.485 e. The van der Waals surface area contributed by atoms with Crippen LogP contribution in [0.15, 0.2) is 28.1 Å². The molecule has 0 fully saturated rings. The third-order valence-corrected chi connectivity index (χ3v) is 4.36. The second-order valence-corrected chi connectivity index (χ2v) is 6.37. The van der Waals surface area contributed by atoms with E-state index in [9.17, 15) is 0 Å². The van der Waals surface area contributed by atoms with Crippen LogP contribution < -0.4 is 10.1 Å². The summed E-state index contributed by atoms with van der Waals surface area (Å²) in [4.78, 5) is 4.42. The fourth-order valence-corrected chi connectivity index (χ4v) is 3.06. The van der Waals surface area contributed by atoms with E-state index in [-0.39, 0.29) is 0 Å². The Kier molecular flexibility index (Phi) is 6.01. The van der Waals surface area contributed by atoms with E-state index in [1.54, 1.807) is 11.3 Å². The van der Waals surface area contributed by atoms with Gasteiger partial charge < -0.3 is 10.1 Å². The summed E-state index contributed by atoms with van der Waals surface area (Å²) in [6, 6.07) is 6.13. The zero-order chi connectivity index (χ0) is 14.4. The monoisotopic (exact) mass is 354 g/mol. The van der Waals surface area contributed by atoms with Gasteiger partial charge in [-0.2, -0.15) is 0 Å². The van der Waals surface area contributed by atoms with Crippen LogP contribution in [0.4, 0.5) is 0 Å². The first-order chi connectivity index (χ1) is 9.70. The fourth-order valence-electron chi connectivity index (χ4n) is 1.86. The van der Waals surface area contributed by atoms with Crippen molar-refractivity contribution in [3.8, 4) is 5.75 Å². The van der Waals surface area contributed by atoms with Crippen LogP contribution in [0.2, 0.25) is 0 Å². The summed E-state index contributed by atoms with van der Waals surface area (Å²) in [7, 11) is 0. The summed E-state index contributed by atoms with van der Waals surface area (Å²) in [6.07, 6.45) is 1.13. The van der Waals surface area contributed by atoms with E-state index in [0.717, 1.165) is 40.4 Å². The van der Waals surface area contributed by atoms with E-state index in [0.29, 0.717) is 6.61 Å². The Bertz CT molecular complexity index is 557. The molecule has 3 nitrogen and oxygen atoms in total. The van der Waals surface area contributed by atoms with E-state index in [1.807, 2.05) is 24.4 Å². The Labute approximate surface area is 132 Å². The highest BCUT2D eigenvalue weighted by atomic mass is 79.9. The van der Waals surface area contributed by atoms with Crippen molar-refractivity contribution in [2.24, 2.45) is 0 Å². The Morgan fingerprint density at radius 2 is 2.25 bits per heavy atom. The van der Waals surface area contributed by atoms with Crippen LogP contribution in [0, 0.1) is 6.92 Å². The highest BCUT2D eigenvalue weighted by molar-refractivity contribution is 9.10. The number of aromatic nitrogens is 1. The lowest BCUT2D eigenvalue weighted by Gasteiger charge is -2.13. The maximum absolute atomic E-state index is 5.96. The summed E-state index contributed by atoms with van der Waals surface area (Å²) in [5.74, 6) is 0.906. The number of nitrogens with zero attached hydrogens (tertiary/aromatic N) is 1. The normalized spacial score (nSPS) is 10.8. The van der Waals surface area contributed by atoms with Gasteiger partial charge in [-0.3, -0.25) is 0 Å². The first-order valence-corrected chi connectivity index (χ1v) is 8.40. The van der Waals surface area contributed by atoms with E-state index in [1.165, 1.54) is 5.56 Å². The number of thiazole rings is 1. The van der Waals surface area contributed by atoms with Crippen molar-refractivity contribution in [3.63, 3.8) is 0 Å². The zero-order valence-electron chi connectivity index (χ0n) is 11.8. The van der Waals surface area contributed by atoms with Gasteiger partial charge in [0.15, 0.2) is 0 Å². The minimum atomic E-state index is 0.516. The molecule has 0 radical (unpaired) electrons. The molecule has 0 atom stereocenters. The van der Waals surface area contributed by atoms with Crippen LogP contribution in [0.3, 0.4) is 0 Å². The molecule has 0 aliphatic heterocycles. The van der Waals surface area contributed by atoms with Crippen molar-refractivity contribution in [1.29, 1.82) is 0 Å². The average molecular weight is 355 g/mol. The van der Waals surface area contributed by atoms with Crippen LogP contribution in [0.1, 0.15) is 29.6 Å². The molecular weight excluding hydrogens is 336 g/mol. The molecule has 0 aliphatic carbocycles. The summed E-state index contributed by atoms with van der Waals surface area (Å²) >= 11 is 5.20. The maximum Gasteiger partial charge on any atom is 0.140 e. The lowest BCUT2D eigenvalue weighted by molar-refractivity contribution is 0.299. The molecule has 1 N–H and O–H groups in total. The summed E-state index contributed by atoms with van der Waals surface area (Å²) in [5, 5.41) is 6.46. The van der Waals surface area contributed by atoms with E-state index < -0.39 is 0 Å². The van der Waals surface area contributed by atoms with E-state index in [2.05, 4.69) is 39.2 Å². The molecule has 2 aromatic rings. The molecule has 1 aromatic heterocycles. The number of halogens is 1. The second-order valence-electron chi connectivity index (χ2n) is 4.58. The standard InChI is InChI=1S/C15H19BrN2OS/c1-3-7-17-8-12-5-4-6-13(16)15(12)19-9-14-18-11(2)10-20-14/h4-6,10,17H,3,7-9H2,1-2H3. The Balaban J connectivity index is 2.04. The molecule has 0 bridgehead atoms. The van der Waals surface area contributed by atoms with Gasteiger partial charge in [-0.1, -0.05) is 19.1 Å². The highest BCUT2D eigenvalue weighted by Gasteiger charge is 2.09. The van der Waals surface area contributed by atoms with Gasteiger partial charge in [-0.25, -0.2) is 4.98 Å². The minimum absolute atomic E-state index is 0.516. The predicted octanol–water partition coefficient (Wildman–Crippen LogP) is 4.29. The molecule has 0 saturated carbocycles. The van der Waals surface area contributed by atoms with Crippen molar-refractivity contribution in [2.75, 3.05) is 6.54 Å². The van der Waals surface area contributed by atoms with Crippen molar-refractivity contribution in [1.82, 2.24) is 10.3 Å². The minimum Gasteiger partial charge on any atom is -0.485 e. The SMILES string of the molecule is CCCNCc1cccc(Br)c1OCc1nc(C)cs1. The van der Waals surface area contributed by atoms with Crippen molar-refractivity contribution in [3.05, 3.63) is 44.3 Å². The highest BCUT2D eigenvalue weighted by Crippen LogP contribution is 2.30. The number of hydrogen-bond donors (Lipinski definition) is 1. The topological polar surface area (TPSA) is 34.1 Å². The van der Waals surface area contributed by atoms with Crippen molar-refractivity contribution < 1.29 is 4.74 Å². The molecule has 0 amide bonds. The summed E-state index contributed by atoms with van der Waals surface area (Å²) in [6.45, 7) is 6.51. The van der Waals surface area contributed by atoms with Gasteiger partial charge in [0.25, 0.3) is 0 Å². The lowest BCUT2D eigenvalue weighted by atomic mass is 10.2. The molecular formula is C15H19BrN2OS. The van der Waals surface area contributed by atoms with Gasteiger partial charge in [0, 0.05) is 23.2 Å². The molecule has 0 aliphatic rings. The predicted molar refractivity (Wildman–Crippen MR) is 87.3 cm³/mol. The molecule has 0 spiro atoms. The van der Waals surface area contributed by atoms with Crippen molar-refractivity contribution >= 4 is 27.3 Å². The van der Waals surface area contributed by atoms with Crippen LogP contribution >= 0.6 is 27.3 Å². The van der Waals surface area contributed by atoms with Crippen LogP contribution in [0.25, 0.3) is 0 Å². The smallest absolute Gasteiger partial charge is 0.140 e. The summed E-state index contributed by atoms with van der Waals surface area (Å²) < 4.78 is 6.95. The third kappa shape index (κ3) is 4.30. The van der Waals surface area contributed by atoms with Gasteiger partial charge in [-0.05, 0) is 41.9 Å². The second kappa shape index (κ2) is 7.76. The average Bonchev–Trinajstić information content (AvgIpc) is 2.84. The maximum atomic E-state index is 5.96. The lowest BCUT2D eigenvalue weighted by Crippen LogP contribution is -2.14. The number of benzene rings is 1. The van der Waals surface area contributed by atoms with Crippen molar-refractivity contribution in [2.45, 2.75) is 33.4 Å². The zero-order valence-corrected chi connectivity index (χ0v) is 14.2. The summed E-state index contributed by atoms with van der Waals surface area (Å²) in [5.41, 5.74) is 2.21. The molecule has 2 rings (SSSR count). The number of hydrogen-bond acceptors (Lipinski definition) is 4. The fraction of sp³-hybridized carbons (Fsp3) is 0.400. The number of ether oxygens (including phenoxy) is 1. The Morgan fingerprint density at radius 1 is 1.40 bits per heavy atom. The van der Waals surface area contributed by atoms with Crippen LogP contribution in [-0.4, -0.2) is 11.5 Å². The molecule has 1 aromatic carbocycles. The molecule has 108 valence electrons. The molecule has 0 saturated heterocycles. The molecule has 5 heteroatoms. The quantitative estimate of drug-likeness (QED) is 0.753. The van der Waals surface area contributed by atoms with Gasteiger partial charge in [0.2, 0.25) is 0 Å². The van der Waals surface area contributed by atoms with Gasteiger partial charge in [-0.15, -0.1) is 11.3 Å². The number of rotatable bonds is 7. The molecule has 0 unspecified atom stereocenters. The van der Waals surface area contributed by atoms with Gasteiger partial charge >= 0.3 is 0 Å². The van der Waals surface area contributed by atoms with Crippen LogP contribution in [-0.2, 0) is 13.2 Å². The number of aryl methyl sites for hydroxylation is 1. The Hall–Kier alpha value is -0.910. The van der Waals surface area contributed by atoms with E-state index in [4.69, 9.17) is 4.74 Å². The number of para-hydroxylation sites is 1. The molecule has 1 heterocycles. The third-order valence-electron chi connectivity index (χ3n) is 2.80. The molecule has 20 heavy (non-hydrogen) atoms. The van der Waals surface area contributed by atoms with Gasteiger partial charge in [0.05, 0.1) is 4.47 Å². The number of nitrogens with one attached hydrogen (secondary N) is 1. The Morgan fingerprint density at radius 3 is 2.95 bits per heavy atom. The van der Waals surface area contributed by atoms with E-state index >= 15 is 0 Å². The van der Waals surface area contributed by atoms with Crippen LogP contribution in [0.5, 0.6) is 5.75 Å². The van der Waals surface area contributed by atoms with Gasteiger partial charge in [0.1, 0.15) is 17.4 Å². The first kappa shape index (κ1) is 15.5.